The van der Waals surface area contributed by atoms with E-state index in [1.165, 1.54) is 12.3 Å². The molecular formula is C29H33ClFN7O3. The average molecular weight is 582 g/mol. The van der Waals surface area contributed by atoms with Crippen LogP contribution in [0.4, 0.5) is 15.0 Å². The van der Waals surface area contributed by atoms with E-state index in [0.717, 1.165) is 23.9 Å². The van der Waals surface area contributed by atoms with Crippen LogP contribution in [0, 0.1) is 11.7 Å². The molecule has 0 spiro atoms. The van der Waals surface area contributed by atoms with E-state index in [1.807, 2.05) is 19.9 Å². The molecule has 5 rings (SSSR count). The molecule has 10 nitrogen and oxygen atoms in total. The van der Waals surface area contributed by atoms with Crippen molar-refractivity contribution < 1.29 is 18.7 Å². The number of hydrogen-bond donors (Lipinski definition) is 2. The monoisotopic (exact) mass is 581 g/mol. The minimum Gasteiger partial charge on any atom is -0.443 e. The lowest BCUT2D eigenvalue weighted by atomic mass is 9.85. The van der Waals surface area contributed by atoms with E-state index in [4.69, 9.17) is 16.3 Å². The molecule has 4 aromatic rings. The zero-order chi connectivity index (χ0) is 29.3. The van der Waals surface area contributed by atoms with Crippen LogP contribution in [-0.2, 0) is 30.2 Å². The number of carbonyl (C=O) groups excluding carboxylic acids is 2. The molecule has 41 heavy (non-hydrogen) atoms. The molecule has 1 aliphatic rings. The summed E-state index contributed by atoms with van der Waals surface area (Å²) in [5.74, 6) is -0.509. The quantitative estimate of drug-likeness (QED) is 0.289. The van der Waals surface area contributed by atoms with Crippen LogP contribution >= 0.6 is 11.6 Å². The van der Waals surface area contributed by atoms with Gasteiger partial charge in [0.05, 0.1) is 10.7 Å². The van der Waals surface area contributed by atoms with Gasteiger partial charge < -0.3 is 15.4 Å². The summed E-state index contributed by atoms with van der Waals surface area (Å²) in [6, 6.07) is 6.52. The number of amides is 2. The molecular weight excluding hydrogens is 549 g/mol. The maximum atomic E-state index is 15.1. The Hall–Kier alpha value is -3.99. The standard InChI is InChI=1S/C29H33ClFN7O3/c1-16(2)27-22-11-18(12-24(31)26(22)36-38(27)4)21-13-25(32-14-23(21)30)34-28(39)17-6-5-7-19(10-17)33-29(40)41-15-20-8-9-37(3)35-20/h8-9,11-14,16-17,19H,5-7,10,15H2,1-4H3,(H,33,40)(H,32,34,39)/t17-,19+/m0/s1. The number of nitrogens with zero attached hydrogens (tertiary/aromatic N) is 5. The van der Waals surface area contributed by atoms with Crippen LogP contribution < -0.4 is 10.6 Å². The van der Waals surface area contributed by atoms with Gasteiger partial charge in [-0.25, -0.2) is 14.2 Å². The van der Waals surface area contributed by atoms with Crippen molar-refractivity contribution in [3.05, 3.63) is 58.9 Å². The number of halogens is 2. The molecule has 1 fully saturated rings. The minimum absolute atomic E-state index is 0.0737. The number of hydrogen-bond acceptors (Lipinski definition) is 6. The van der Waals surface area contributed by atoms with Crippen LogP contribution in [0.5, 0.6) is 0 Å². The number of aryl methyl sites for hydroxylation is 2. The van der Waals surface area contributed by atoms with Crippen LogP contribution in [0.25, 0.3) is 22.0 Å². The molecule has 2 amide bonds. The van der Waals surface area contributed by atoms with E-state index >= 15 is 4.39 Å². The van der Waals surface area contributed by atoms with E-state index in [0.29, 0.717) is 46.0 Å². The van der Waals surface area contributed by atoms with Gasteiger partial charge in [-0.2, -0.15) is 10.2 Å². The second-order valence-electron chi connectivity index (χ2n) is 10.8. The van der Waals surface area contributed by atoms with Crippen LogP contribution in [0.3, 0.4) is 0 Å². The zero-order valence-corrected chi connectivity index (χ0v) is 24.2. The first-order valence-electron chi connectivity index (χ1n) is 13.6. The molecule has 1 aromatic carbocycles. The molecule has 3 heterocycles. The molecule has 0 unspecified atom stereocenters. The predicted molar refractivity (Wildman–Crippen MR) is 154 cm³/mol. The topological polar surface area (TPSA) is 116 Å². The largest absolute Gasteiger partial charge is 0.443 e. The van der Waals surface area contributed by atoms with Gasteiger partial charge in [-0.3, -0.25) is 14.2 Å². The minimum atomic E-state index is -0.538. The van der Waals surface area contributed by atoms with Crippen molar-refractivity contribution in [1.29, 1.82) is 0 Å². The van der Waals surface area contributed by atoms with E-state index in [-0.39, 0.29) is 30.4 Å². The summed E-state index contributed by atoms with van der Waals surface area (Å²) in [6.45, 7) is 4.14. The number of fused-ring (bicyclic) bond motifs is 1. The van der Waals surface area contributed by atoms with E-state index < -0.39 is 11.9 Å². The third-order valence-electron chi connectivity index (χ3n) is 7.39. The van der Waals surface area contributed by atoms with Gasteiger partial charge in [0.1, 0.15) is 17.9 Å². The normalized spacial score (nSPS) is 17.1. The van der Waals surface area contributed by atoms with Crippen molar-refractivity contribution in [2.75, 3.05) is 5.32 Å². The molecule has 3 aromatic heterocycles. The Labute approximate surface area is 242 Å². The van der Waals surface area contributed by atoms with E-state index in [2.05, 4.69) is 25.8 Å². The van der Waals surface area contributed by atoms with Crippen molar-refractivity contribution in [3.63, 3.8) is 0 Å². The van der Waals surface area contributed by atoms with Gasteiger partial charge in [0.2, 0.25) is 5.91 Å². The molecule has 0 saturated heterocycles. The maximum Gasteiger partial charge on any atom is 0.407 e. The summed E-state index contributed by atoms with van der Waals surface area (Å²) in [6.07, 6.45) is 5.39. The maximum absolute atomic E-state index is 15.1. The fraction of sp³-hybridized carbons (Fsp3) is 0.414. The Morgan fingerprint density at radius 1 is 1.20 bits per heavy atom. The van der Waals surface area contributed by atoms with E-state index in [9.17, 15) is 9.59 Å². The Bertz CT molecular complexity index is 1600. The van der Waals surface area contributed by atoms with Crippen molar-refractivity contribution >= 4 is 40.3 Å². The number of carbonyl (C=O) groups is 2. The summed E-state index contributed by atoms with van der Waals surface area (Å²) in [5, 5.41) is 15.3. The lowest BCUT2D eigenvalue weighted by molar-refractivity contribution is -0.121. The molecule has 0 radical (unpaired) electrons. The second kappa shape index (κ2) is 11.9. The number of ether oxygens (including phenoxy) is 1. The number of anilines is 1. The van der Waals surface area contributed by atoms with E-state index in [1.54, 1.807) is 41.8 Å². The number of alkyl carbamates (subject to hydrolysis) is 1. The van der Waals surface area contributed by atoms with Gasteiger partial charge >= 0.3 is 6.09 Å². The second-order valence-corrected chi connectivity index (χ2v) is 11.2. The number of nitrogens with one attached hydrogen (secondary N) is 2. The number of benzene rings is 1. The van der Waals surface area contributed by atoms with Crippen molar-refractivity contribution in [3.8, 4) is 11.1 Å². The Morgan fingerprint density at radius 2 is 2.00 bits per heavy atom. The summed E-state index contributed by atoms with van der Waals surface area (Å²) in [7, 11) is 3.60. The average Bonchev–Trinajstić information content (AvgIpc) is 3.50. The highest BCUT2D eigenvalue weighted by molar-refractivity contribution is 6.33. The number of pyridine rings is 1. The molecule has 2 N–H and O–H groups in total. The highest BCUT2D eigenvalue weighted by Crippen LogP contribution is 2.35. The molecule has 216 valence electrons. The Morgan fingerprint density at radius 3 is 2.73 bits per heavy atom. The number of rotatable bonds is 7. The Balaban J connectivity index is 1.26. The first-order valence-corrected chi connectivity index (χ1v) is 14.0. The van der Waals surface area contributed by atoms with Gasteiger partial charge in [0.15, 0.2) is 5.82 Å². The van der Waals surface area contributed by atoms with Crippen molar-refractivity contribution in [2.45, 2.75) is 58.1 Å². The molecule has 1 saturated carbocycles. The van der Waals surface area contributed by atoms with Crippen LogP contribution in [0.1, 0.15) is 56.8 Å². The molecule has 12 heteroatoms. The smallest absolute Gasteiger partial charge is 0.407 e. The summed E-state index contributed by atoms with van der Waals surface area (Å²) < 4.78 is 23.7. The fourth-order valence-corrected chi connectivity index (χ4v) is 5.73. The van der Waals surface area contributed by atoms with Crippen LogP contribution in [0.2, 0.25) is 5.02 Å². The van der Waals surface area contributed by atoms with Crippen LogP contribution in [-0.4, -0.2) is 42.6 Å². The summed E-state index contributed by atoms with van der Waals surface area (Å²) in [4.78, 5) is 29.8. The SMILES string of the molecule is CC(C)c1c2cc(-c3cc(NC(=O)[C@H]4CCC[C@@H](NC(=O)OCc5ccn(C)n5)C4)ncc3Cl)cc(F)c2nn1C. The molecule has 0 aliphatic heterocycles. The summed E-state index contributed by atoms with van der Waals surface area (Å²) in [5.41, 5.74) is 3.00. The first-order chi connectivity index (χ1) is 19.6. The van der Waals surface area contributed by atoms with Gasteiger partial charge in [-0.15, -0.1) is 0 Å². The Kier molecular flexibility index (Phi) is 8.25. The molecule has 1 aliphatic carbocycles. The lowest BCUT2D eigenvalue weighted by Crippen LogP contribution is -2.41. The van der Waals surface area contributed by atoms with Gasteiger partial charge in [-0.1, -0.05) is 31.9 Å². The van der Waals surface area contributed by atoms with Gasteiger partial charge in [0.25, 0.3) is 0 Å². The molecule has 0 bridgehead atoms. The highest BCUT2D eigenvalue weighted by Gasteiger charge is 2.29. The van der Waals surface area contributed by atoms with Gasteiger partial charge in [0, 0.05) is 55.1 Å². The van der Waals surface area contributed by atoms with Gasteiger partial charge in [-0.05, 0) is 55.0 Å². The summed E-state index contributed by atoms with van der Waals surface area (Å²) >= 11 is 6.48. The predicted octanol–water partition coefficient (Wildman–Crippen LogP) is 5.71. The van der Waals surface area contributed by atoms with Crippen molar-refractivity contribution in [1.82, 2.24) is 29.9 Å². The molecule has 2 atom stereocenters. The lowest BCUT2D eigenvalue weighted by Gasteiger charge is -2.28. The zero-order valence-electron chi connectivity index (χ0n) is 23.4. The third-order valence-corrected chi connectivity index (χ3v) is 7.69. The third kappa shape index (κ3) is 6.35. The fourth-order valence-electron chi connectivity index (χ4n) is 5.52. The van der Waals surface area contributed by atoms with Crippen molar-refractivity contribution in [2.24, 2.45) is 20.0 Å². The highest BCUT2D eigenvalue weighted by atomic mass is 35.5. The number of aromatic nitrogens is 5. The first kappa shape index (κ1) is 28.5. The van der Waals surface area contributed by atoms with Crippen LogP contribution in [0.15, 0.2) is 36.7 Å².